The van der Waals surface area contributed by atoms with E-state index in [1.54, 1.807) is 16.4 Å². The predicted molar refractivity (Wildman–Crippen MR) is 129 cm³/mol. The summed E-state index contributed by atoms with van der Waals surface area (Å²) in [6, 6.07) is 11.2. The fourth-order valence-corrected chi connectivity index (χ4v) is 3.92. The highest BCUT2D eigenvalue weighted by atomic mass is 35.5. The van der Waals surface area contributed by atoms with Crippen molar-refractivity contribution in [3.8, 4) is 11.5 Å². The van der Waals surface area contributed by atoms with Crippen molar-refractivity contribution < 1.29 is 14.3 Å². The highest BCUT2D eigenvalue weighted by Gasteiger charge is 2.15. The first kappa shape index (κ1) is 24.8. The van der Waals surface area contributed by atoms with Gasteiger partial charge >= 0.3 is 0 Å². The largest absolute Gasteiger partial charge is 0.490 e. The summed E-state index contributed by atoms with van der Waals surface area (Å²) in [6.07, 6.45) is 0. The third-order valence-corrected chi connectivity index (χ3v) is 5.77. The van der Waals surface area contributed by atoms with Crippen LogP contribution in [0.4, 0.5) is 5.69 Å². The lowest BCUT2D eigenvalue weighted by atomic mass is 10.2. The summed E-state index contributed by atoms with van der Waals surface area (Å²) in [5.41, 5.74) is 2.78. The van der Waals surface area contributed by atoms with Crippen LogP contribution in [0, 0.1) is 6.92 Å². The van der Waals surface area contributed by atoms with Crippen LogP contribution in [0.15, 0.2) is 41.6 Å². The number of ether oxygens (including phenoxy) is 2. The summed E-state index contributed by atoms with van der Waals surface area (Å²) in [5, 5.41) is 18.7. The number of carbonyl (C=O) groups is 1. The first-order valence-corrected chi connectivity index (χ1v) is 11.8. The highest BCUT2D eigenvalue weighted by molar-refractivity contribution is 7.99. The second-order valence-electron chi connectivity index (χ2n) is 7.15. The summed E-state index contributed by atoms with van der Waals surface area (Å²) in [5.74, 6) is 1.40. The molecule has 1 amide bonds. The molecule has 2 N–H and O–H groups in total. The quantitative estimate of drug-likeness (QED) is 0.294. The van der Waals surface area contributed by atoms with Gasteiger partial charge in [0.15, 0.2) is 18.1 Å². The molecule has 0 bridgehead atoms. The molecule has 0 radical (unpaired) electrons. The minimum atomic E-state index is -0.279. The number of aromatic nitrogens is 4. The van der Waals surface area contributed by atoms with E-state index in [2.05, 4.69) is 26.2 Å². The van der Waals surface area contributed by atoms with E-state index in [0.717, 1.165) is 28.6 Å². The SMILES string of the molecule is CCOc1cc(CNCCSc2nnnn2C)cc(Cl)c1OCC(=O)Nc1ccc(C)cc1. The van der Waals surface area contributed by atoms with Gasteiger partial charge in [-0.1, -0.05) is 41.1 Å². The molecule has 0 spiro atoms. The van der Waals surface area contributed by atoms with Crippen LogP contribution in [0.3, 0.4) is 0 Å². The van der Waals surface area contributed by atoms with Crippen LogP contribution in [0.1, 0.15) is 18.1 Å². The van der Waals surface area contributed by atoms with E-state index >= 15 is 0 Å². The van der Waals surface area contributed by atoms with Gasteiger partial charge in [-0.25, -0.2) is 4.68 Å². The molecule has 1 heterocycles. The number of amides is 1. The zero-order chi connectivity index (χ0) is 23.6. The van der Waals surface area contributed by atoms with E-state index in [4.69, 9.17) is 21.1 Å². The summed E-state index contributed by atoms with van der Waals surface area (Å²) in [7, 11) is 1.81. The third-order valence-electron chi connectivity index (χ3n) is 4.47. The van der Waals surface area contributed by atoms with Crippen molar-refractivity contribution in [3.63, 3.8) is 0 Å². The van der Waals surface area contributed by atoms with Crippen LogP contribution in [-0.2, 0) is 18.4 Å². The zero-order valence-electron chi connectivity index (χ0n) is 18.8. The molecule has 0 aliphatic carbocycles. The average molecular weight is 491 g/mol. The van der Waals surface area contributed by atoms with Gasteiger partial charge in [0.1, 0.15) is 0 Å². The van der Waals surface area contributed by atoms with Crippen LogP contribution in [0.2, 0.25) is 5.02 Å². The van der Waals surface area contributed by atoms with Crippen molar-refractivity contribution in [2.45, 2.75) is 25.5 Å². The first-order valence-electron chi connectivity index (χ1n) is 10.5. The molecule has 0 aliphatic heterocycles. The molecular weight excluding hydrogens is 464 g/mol. The van der Waals surface area contributed by atoms with Gasteiger partial charge in [-0.2, -0.15) is 0 Å². The van der Waals surface area contributed by atoms with Gasteiger partial charge in [0, 0.05) is 31.6 Å². The lowest BCUT2D eigenvalue weighted by Gasteiger charge is -2.15. The molecule has 0 atom stereocenters. The fourth-order valence-electron chi connectivity index (χ4n) is 2.89. The molecule has 0 saturated heterocycles. The van der Waals surface area contributed by atoms with Gasteiger partial charge in [0.2, 0.25) is 5.16 Å². The monoisotopic (exact) mass is 490 g/mol. The Morgan fingerprint density at radius 2 is 2.00 bits per heavy atom. The molecule has 3 rings (SSSR count). The maximum absolute atomic E-state index is 12.3. The molecule has 0 unspecified atom stereocenters. The van der Waals surface area contributed by atoms with E-state index in [9.17, 15) is 4.79 Å². The van der Waals surface area contributed by atoms with Gasteiger partial charge in [-0.05, 0) is 54.1 Å². The molecule has 9 nitrogen and oxygen atoms in total. The fraction of sp³-hybridized carbons (Fsp3) is 0.364. The van der Waals surface area contributed by atoms with E-state index in [0.29, 0.717) is 35.4 Å². The highest BCUT2D eigenvalue weighted by Crippen LogP contribution is 2.36. The maximum atomic E-state index is 12.3. The Bertz CT molecular complexity index is 1060. The van der Waals surface area contributed by atoms with Crippen LogP contribution in [-0.4, -0.2) is 51.6 Å². The summed E-state index contributed by atoms with van der Waals surface area (Å²) in [6.45, 7) is 5.50. The lowest BCUT2D eigenvalue weighted by molar-refractivity contribution is -0.118. The number of benzene rings is 2. The standard InChI is InChI=1S/C22H27ClN6O3S/c1-4-31-19-12-16(13-24-9-10-33-22-26-27-28-29(22)3)11-18(23)21(19)32-14-20(30)25-17-7-5-15(2)6-8-17/h5-8,11-12,24H,4,9-10,13-14H2,1-3H3,(H,25,30). The number of aryl methyl sites for hydroxylation is 2. The van der Waals surface area contributed by atoms with Crippen LogP contribution >= 0.6 is 23.4 Å². The molecule has 0 fully saturated rings. The average Bonchev–Trinajstić information content (AvgIpc) is 3.19. The Labute approximate surface area is 202 Å². The number of rotatable bonds is 12. The molecule has 33 heavy (non-hydrogen) atoms. The molecule has 0 saturated carbocycles. The third kappa shape index (κ3) is 7.62. The molecule has 0 aliphatic rings. The molecule has 2 aromatic carbocycles. The van der Waals surface area contributed by atoms with Crippen molar-refractivity contribution >= 4 is 35.0 Å². The van der Waals surface area contributed by atoms with E-state index in [1.165, 1.54) is 0 Å². The van der Waals surface area contributed by atoms with Crippen molar-refractivity contribution in [1.82, 2.24) is 25.5 Å². The van der Waals surface area contributed by atoms with E-state index < -0.39 is 0 Å². The van der Waals surface area contributed by atoms with Gasteiger partial charge in [0.05, 0.1) is 11.6 Å². The molecular formula is C22H27ClN6O3S. The molecule has 3 aromatic rings. The zero-order valence-corrected chi connectivity index (χ0v) is 20.4. The van der Waals surface area contributed by atoms with Crippen LogP contribution in [0.25, 0.3) is 0 Å². The van der Waals surface area contributed by atoms with Crippen LogP contribution in [0.5, 0.6) is 11.5 Å². The minimum absolute atomic E-state index is 0.181. The van der Waals surface area contributed by atoms with Crippen molar-refractivity contribution in [1.29, 1.82) is 0 Å². The van der Waals surface area contributed by atoms with E-state index in [-0.39, 0.29) is 12.5 Å². The Morgan fingerprint density at radius 1 is 1.21 bits per heavy atom. The Morgan fingerprint density at radius 3 is 2.70 bits per heavy atom. The number of hydrogen-bond acceptors (Lipinski definition) is 8. The summed E-state index contributed by atoms with van der Waals surface area (Å²) >= 11 is 8.03. The van der Waals surface area contributed by atoms with Crippen molar-refractivity contribution in [3.05, 3.63) is 52.5 Å². The van der Waals surface area contributed by atoms with Crippen molar-refractivity contribution in [2.24, 2.45) is 7.05 Å². The second kappa shape index (κ2) is 12.4. The topological polar surface area (TPSA) is 103 Å². The normalized spacial score (nSPS) is 10.8. The van der Waals surface area contributed by atoms with Gasteiger partial charge < -0.3 is 20.1 Å². The summed E-state index contributed by atoms with van der Waals surface area (Å²) < 4.78 is 13.1. The summed E-state index contributed by atoms with van der Waals surface area (Å²) in [4.78, 5) is 12.3. The number of nitrogens with zero attached hydrogens (tertiary/aromatic N) is 4. The minimum Gasteiger partial charge on any atom is -0.490 e. The molecule has 176 valence electrons. The number of tetrazole rings is 1. The van der Waals surface area contributed by atoms with Crippen LogP contribution < -0.4 is 20.1 Å². The maximum Gasteiger partial charge on any atom is 0.262 e. The number of anilines is 1. The second-order valence-corrected chi connectivity index (χ2v) is 8.62. The van der Waals surface area contributed by atoms with Gasteiger partial charge in [-0.3, -0.25) is 4.79 Å². The Kier molecular flexibility index (Phi) is 9.35. The van der Waals surface area contributed by atoms with Crippen molar-refractivity contribution in [2.75, 3.05) is 30.8 Å². The lowest BCUT2D eigenvalue weighted by Crippen LogP contribution is -2.20. The van der Waals surface area contributed by atoms with Gasteiger partial charge in [0.25, 0.3) is 5.91 Å². The Balaban J connectivity index is 1.53. The smallest absolute Gasteiger partial charge is 0.262 e. The Hall–Kier alpha value is -2.82. The number of carbonyl (C=O) groups excluding carboxylic acids is 1. The number of hydrogen-bond donors (Lipinski definition) is 2. The predicted octanol–water partition coefficient (Wildman–Crippen LogP) is 3.47. The molecule has 1 aromatic heterocycles. The molecule has 11 heteroatoms. The number of thioether (sulfide) groups is 1. The van der Waals surface area contributed by atoms with Gasteiger partial charge in [-0.15, -0.1) is 5.10 Å². The number of nitrogens with one attached hydrogen (secondary N) is 2. The van der Waals surface area contributed by atoms with E-state index in [1.807, 2.05) is 57.3 Å². The first-order chi connectivity index (χ1) is 16.0. The number of halogens is 1.